The number of rotatable bonds is 2. The lowest BCUT2D eigenvalue weighted by Gasteiger charge is -2.18. The van der Waals surface area contributed by atoms with Gasteiger partial charge in [0, 0.05) is 12.6 Å². The number of benzene rings is 1. The summed E-state index contributed by atoms with van der Waals surface area (Å²) in [6.07, 6.45) is 1.81. The van der Waals surface area contributed by atoms with Crippen LogP contribution in [0.15, 0.2) is 18.2 Å². The van der Waals surface area contributed by atoms with Gasteiger partial charge >= 0.3 is 0 Å². The molecule has 1 saturated heterocycles. The zero-order valence-electron chi connectivity index (χ0n) is 8.79. The van der Waals surface area contributed by atoms with E-state index in [9.17, 15) is 8.78 Å². The van der Waals surface area contributed by atoms with Crippen LogP contribution in [0.2, 0.25) is 0 Å². The highest BCUT2D eigenvalue weighted by atomic mass is 19.1. The maximum absolute atomic E-state index is 13.0. The molecule has 0 amide bonds. The molecule has 4 heteroatoms. The summed E-state index contributed by atoms with van der Waals surface area (Å²) in [4.78, 5) is 1.95. The van der Waals surface area contributed by atoms with Crippen LogP contribution in [0.5, 0.6) is 0 Å². The number of hydrogen-bond acceptors (Lipinski definition) is 2. The largest absolute Gasteiger partial charge is 0.284 e. The first-order valence-electron chi connectivity index (χ1n) is 5.27. The lowest BCUT2D eigenvalue weighted by molar-refractivity contribution is 0.285. The van der Waals surface area contributed by atoms with Crippen LogP contribution in [0.4, 0.5) is 8.78 Å². The summed E-state index contributed by atoms with van der Waals surface area (Å²) in [5, 5.41) is 8.88. The van der Waals surface area contributed by atoms with E-state index in [-0.39, 0.29) is 6.04 Å². The molecule has 2 nitrogen and oxygen atoms in total. The topological polar surface area (TPSA) is 27.0 Å². The maximum atomic E-state index is 13.0. The molecule has 0 spiro atoms. The van der Waals surface area contributed by atoms with Crippen molar-refractivity contribution in [2.45, 2.75) is 25.4 Å². The Morgan fingerprint density at radius 3 is 2.62 bits per heavy atom. The van der Waals surface area contributed by atoms with Gasteiger partial charge in [-0.2, -0.15) is 5.26 Å². The zero-order chi connectivity index (χ0) is 11.5. The van der Waals surface area contributed by atoms with Crippen LogP contribution in [-0.4, -0.2) is 17.5 Å². The molecule has 0 saturated carbocycles. The van der Waals surface area contributed by atoms with Crippen molar-refractivity contribution in [1.82, 2.24) is 4.90 Å². The lowest BCUT2D eigenvalue weighted by atomic mass is 10.2. The van der Waals surface area contributed by atoms with Crippen molar-refractivity contribution in [1.29, 1.82) is 5.26 Å². The summed E-state index contributed by atoms with van der Waals surface area (Å²) in [7, 11) is 0. The van der Waals surface area contributed by atoms with E-state index in [1.165, 1.54) is 12.1 Å². The van der Waals surface area contributed by atoms with Gasteiger partial charge < -0.3 is 0 Å². The van der Waals surface area contributed by atoms with E-state index in [0.29, 0.717) is 12.1 Å². The number of nitriles is 1. The van der Waals surface area contributed by atoms with Crippen molar-refractivity contribution < 1.29 is 8.78 Å². The molecule has 0 bridgehead atoms. The Hall–Kier alpha value is -1.47. The maximum Gasteiger partial charge on any atom is 0.126 e. The summed E-state index contributed by atoms with van der Waals surface area (Å²) in [6, 6.07) is 5.57. The second-order valence-corrected chi connectivity index (χ2v) is 4.04. The third kappa shape index (κ3) is 2.37. The van der Waals surface area contributed by atoms with Gasteiger partial charge in [-0.25, -0.2) is 8.78 Å². The van der Waals surface area contributed by atoms with Crippen molar-refractivity contribution in [3.63, 3.8) is 0 Å². The van der Waals surface area contributed by atoms with Crippen molar-refractivity contribution in [2.24, 2.45) is 0 Å². The van der Waals surface area contributed by atoms with Gasteiger partial charge in [0.1, 0.15) is 11.6 Å². The molecule has 1 unspecified atom stereocenters. The molecule has 1 aliphatic rings. The van der Waals surface area contributed by atoms with Gasteiger partial charge in [-0.1, -0.05) is 0 Å². The number of halogens is 2. The highest BCUT2D eigenvalue weighted by Crippen LogP contribution is 2.20. The van der Waals surface area contributed by atoms with Crippen molar-refractivity contribution >= 4 is 0 Å². The predicted molar refractivity (Wildman–Crippen MR) is 55.4 cm³/mol. The van der Waals surface area contributed by atoms with Crippen LogP contribution < -0.4 is 0 Å². The van der Waals surface area contributed by atoms with Gasteiger partial charge in [0.2, 0.25) is 0 Å². The first kappa shape index (κ1) is 11.0. The number of nitrogens with zero attached hydrogens (tertiary/aromatic N) is 2. The molecule has 1 atom stereocenters. The van der Waals surface area contributed by atoms with Crippen LogP contribution in [0.1, 0.15) is 18.4 Å². The Kier molecular flexibility index (Phi) is 3.16. The zero-order valence-corrected chi connectivity index (χ0v) is 8.79. The van der Waals surface area contributed by atoms with Crippen LogP contribution in [0.25, 0.3) is 0 Å². The standard InChI is InChI=1S/C12H12F2N2/c13-10-4-9(5-11(14)6-10)8-16-3-1-2-12(16)7-15/h4-6,12H,1-3,8H2. The summed E-state index contributed by atoms with van der Waals surface area (Å²) >= 11 is 0. The number of likely N-dealkylation sites (tertiary alicyclic amines) is 1. The fraction of sp³-hybridized carbons (Fsp3) is 0.417. The van der Waals surface area contributed by atoms with E-state index in [2.05, 4.69) is 6.07 Å². The molecule has 0 N–H and O–H groups in total. The molecular weight excluding hydrogens is 210 g/mol. The van der Waals surface area contributed by atoms with Gasteiger partial charge in [0.25, 0.3) is 0 Å². The summed E-state index contributed by atoms with van der Waals surface area (Å²) in [5.41, 5.74) is 0.583. The average molecular weight is 222 g/mol. The van der Waals surface area contributed by atoms with Crippen molar-refractivity contribution in [2.75, 3.05) is 6.54 Å². The molecule has 0 radical (unpaired) electrons. The molecule has 0 aromatic heterocycles. The Balaban J connectivity index is 2.12. The summed E-state index contributed by atoms with van der Waals surface area (Å²) in [6.45, 7) is 1.25. The smallest absolute Gasteiger partial charge is 0.126 e. The lowest BCUT2D eigenvalue weighted by Crippen LogP contribution is -2.27. The first-order valence-corrected chi connectivity index (χ1v) is 5.27. The summed E-state index contributed by atoms with van der Waals surface area (Å²) in [5.74, 6) is -1.13. The molecule has 16 heavy (non-hydrogen) atoms. The Labute approximate surface area is 93.1 Å². The van der Waals surface area contributed by atoms with Gasteiger partial charge in [0.15, 0.2) is 0 Å². The normalized spacial score (nSPS) is 20.9. The molecule has 84 valence electrons. The third-order valence-electron chi connectivity index (χ3n) is 2.82. The molecule has 1 aliphatic heterocycles. The molecule has 1 fully saturated rings. The van der Waals surface area contributed by atoms with E-state index in [0.717, 1.165) is 25.5 Å². The summed E-state index contributed by atoms with van der Waals surface area (Å²) < 4.78 is 25.9. The molecule has 1 aromatic rings. The quantitative estimate of drug-likeness (QED) is 0.768. The van der Waals surface area contributed by atoms with Crippen LogP contribution in [0.3, 0.4) is 0 Å². The fourth-order valence-corrected chi connectivity index (χ4v) is 2.10. The van der Waals surface area contributed by atoms with Crippen LogP contribution in [0, 0.1) is 23.0 Å². The minimum Gasteiger partial charge on any atom is -0.284 e. The fourth-order valence-electron chi connectivity index (χ4n) is 2.10. The molecule has 1 heterocycles. The van der Waals surface area contributed by atoms with Crippen LogP contribution in [-0.2, 0) is 6.54 Å². The van der Waals surface area contributed by atoms with Gasteiger partial charge in [0.05, 0.1) is 12.1 Å². The van der Waals surface area contributed by atoms with Gasteiger partial charge in [-0.15, -0.1) is 0 Å². The third-order valence-corrected chi connectivity index (χ3v) is 2.82. The number of hydrogen-bond donors (Lipinski definition) is 0. The van der Waals surface area contributed by atoms with Gasteiger partial charge in [-0.05, 0) is 37.1 Å². The Bertz CT molecular complexity index is 405. The minimum absolute atomic E-state index is 0.119. The minimum atomic E-state index is -0.567. The average Bonchev–Trinajstić information content (AvgIpc) is 2.63. The molecular formula is C12H12F2N2. The second kappa shape index (κ2) is 4.58. The Morgan fingerprint density at radius 2 is 2.00 bits per heavy atom. The van der Waals surface area contributed by atoms with Crippen molar-refractivity contribution in [3.05, 3.63) is 35.4 Å². The van der Waals surface area contributed by atoms with Crippen LogP contribution >= 0.6 is 0 Å². The second-order valence-electron chi connectivity index (χ2n) is 4.04. The van der Waals surface area contributed by atoms with E-state index in [1.807, 2.05) is 4.90 Å². The molecule has 1 aromatic carbocycles. The molecule has 0 aliphatic carbocycles. The van der Waals surface area contributed by atoms with E-state index in [1.54, 1.807) is 0 Å². The highest BCUT2D eigenvalue weighted by Gasteiger charge is 2.24. The predicted octanol–water partition coefficient (Wildman–Crippen LogP) is 2.45. The van der Waals surface area contributed by atoms with Gasteiger partial charge in [-0.3, -0.25) is 4.90 Å². The highest BCUT2D eigenvalue weighted by molar-refractivity contribution is 5.18. The van der Waals surface area contributed by atoms with E-state index in [4.69, 9.17) is 5.26 Å². The first-order chi connectivity index (χ1) is 7.69. The SMILES string of the molecule is N#CC1CCCN1Cc1cc(F)cc(F)c1. The Morgan fingerprint density at radius 1 is 1.31 bits per heavy atom. The van der Waals surface area contributed by atoms with E-state index < -0.39 is 11.6 Å². The monoisotopic (exact) mass is 222 g/mol. The van der Waals surface area contributed by atoms with Crippen molar-refractivity contribution in [3.8, 4) is 6.07 Å². The van der Waals surface area contributed by atoms with E-state index >= 15 is 0 Å². The molecule has 2 rings (SSSR count).